The zero-order valence-electron chi connectivity index (χ0n) is 16.5. The van der Waals surface area contributed by atoms with Crippen LogP contribution in [0.4, 0.5) is 10.8 Å². The highest BCUT2D eigenvalue weighted by atomic mass is 32.2. The van der Waals surface area contributed by atoms with E-state index in [-0.39, 0.29) is 11.4 Å². The molecule has 1 aromatic heterocycles. The van der Waals surface area contributed by atoms with E-state index in [1.807, 2.05) is 52.1 Å². The molecule has 7 nitrogen and oxygen atoms in total. The number of amides is 1. The first kappa shape index (κ1) is 21.5. The van der Waals surface area contributed by atoms with E-state index in [4.69, 9.17) is 5.26 Å². The third kappa shape index (κ3) is 5.03. The SMILES string of the molecule is CCS(=O)(=O)NC(=O)c1nc(N(Cc2ccccc2)c2ccc(C#N)cc2)sc1C. The molecule has 0 spiro atoms. The Morgan fingerprint density at radius 1 is 1.17 bits per heavy atom. The van der Waals surface area contributed by atoms with Gasteiger partial charge in [0.1, 0.15) is 5.69 Å². The van der Waals surface area contributed by atoms with E-state index in [1.165, 1.54) is 18.3 Å². The van der Waals surface area contributed by atoms with Gasteiger partial charge < -0.3 is 4.90 Å². The molecule has 154 valence electrons. The molecule has 1 N–H and O–H groups in total. The lowest BCUT2D eigenvalue weighted by Gasteiger charge is -2.22. The molecule has 0 atom stereocenters. The summed E-state index contributed by atoms with van der Waals surface area (Å²) in [5.74, 6) is -0.934. The highest BCUT2D eigenvalue weighted by molar-refractivity contribution is 7.90. The van der Waals surface area contributed by atoms with Crippen LogP contribution in [0, 0.1) is 18.3 Å². The van der Waals surface area contributed by atoms with Crippen LogP contribution in [0.1, 0.15) is 33.4 Å². The van der Waals surface area contributed by atoms with Crippen molar-refractivity contribution in [2.24, 2.45) is 0 Å². The number of rotatable bonds is 7. The zero-order chi connectivity index (χ0) is 21.7. The van der Waals surface area contributed by atoms with Crippen LogP contribution in [-0.2, 0) is 16.6 Å². The molecule has 3 aromatic rings. The summed E-state index contributed by atoms with van der Waals surface area (Å²) in [6.07, 6.45) is 0. The van der Waals surface area contributed by atoms with Crippen molar-refractivity contribution in [2.75, 3.05) is 10.7 Å². The van der Waals surface area contributed by atoms with Gasteiger partial charge in [-0.05, 0) is 43.7 Å². The number of carbonyl (C=O) groups excluding carboxylic acids is 1. The average molecular weight is 441 g/mol. The summed E-state index contributed by atoms with van der Waals surface area (Å²) in [6.45, 7) is 3.68. The van der Waals surface area contributed by atoms with E-state index < -0.39 is 15.9 Å². The standard InChI is InChI=1S/C21H20N4O3S2/c1-3-30(27,28)24-20(26)19-15(2)29-21(23-19)25(14-17-7-5-4-6-8-17)18-11-9-16(13-22)10-12-18/h4-12H,3,14H2,1-2H3,(H,24,26). The Bertz CT molecular complexity index is 1180. The summed E-state index contributed by atoms with van der Waals surface area (Å²) in [5.41, 5.74) is 2.46. The molecule has 9 heteroatoms. The van der Waals surface area contributed by atoms with E-state index in [0.29, 0.717) is 22.1 Å². The minimum atomic E-state index is -3.68. The van der Waals surface area contributed by atoms with Crippen molar-refractivity contribution in [2.45, 2.75) is 20.4 Å². The van der Waals surface area contributed by atoms with E-state index in [2.05, 4.69) is 11.1 Å². The Morgan fingerprint density at radius 3 is 2.43 bits per heavy atom. The molecular formula is C21H20N4O3S2. The topological polar surface area (TPSA) is 103 Å². The lowest BCUT2D eigenvalue weighted by atomic mass is 10.2. The van der Waals surface area contributed by atoms with Crippen LogP contribution in [0.2, 0.25) is 0 Å². The number of anilines is 2. The number of nitrogens with zero attached hydrogens (tertiary/aromatic N) is 3. The first-order valence-corrected chi connectivity index (χ1v) is 11.6. The maximum absolute atomic E-state index is 12.5. The molecule has 0 saturated heterocycles. The highest BCUT2D eigenvalue weighted by Gasteiger charge is 2.23. The third-order valence-electron chi connectivity index (χ3n) is 4.35. The molecule has 0 bridgehead atoms. The minimum absolute atomic E-state index is 0.0822. The van der Waals surface area contributed by atoms with Gasteiger partial charge in [-0.1, -0.05) is 30.3 Å². The van der Waals surface area contributed by atoms with Gasteiger partial charge in [-0.25, -0.2) is 18.1 Å². The summed E-state index contributed by atoms with van der Waals surface area (Å²) in [6, 6.07) is 18.9. The highest BCUT2D eigenvalue weighted by Crippen LogP contribution is 2.33. The van der Waals surface area contributed by atoms with Gasteiger partial charge in [-0.15, -0.1) is 11.3 Å². The van der Waals surface area contributed by atoms with E-state index in [9.17, 15) is 13.2 Å². The lowest BCUT2D eigenvalue weighted by molar-refractivity contribution is 0.0977. The summed E-state index contributed by atoms with van der Waals surface area (Å²) in [5, 5.41) is 9.62. The minimum Gasteiger partial charge on any atom is -0.313 e. The number of aromatic nitrogens is 1. The van der Waals surface area contributed by atoms with Gasteiger partial charge >= 0.3 is 0 Å². The van der Waals surface area contributed by atoms with Crippen LogP contribution in [0.3, 0.4) is 0 Å². The molecule has 2 aromatic carbocycles. The van der Waals surface area contributed by atoms with Crippen LogP contribution in [0.25, 0.3) is 0 Å². The van der Waals surface area contributed by atoms with E-state index in [0.717, 1.165) is 11.3 Å². The van der Waals surface area contributed by atoms with Gasteiger partial charge in [0, 0.05) is 10.6 Å². The maximum atomic E-state index is 12.5. The Labute approximate surface area is 179 Å². The van der Waals surface area contributed by atoms with Crippen molar-refractivity contribution < 1.29 is 13.2 Å². The predicted molar refractivity (Wildman–Crippen MR) is 117 cm³/mol. The third-order valence-corrected chi connectivity index (χ3v) is 6.60. The molecular weight excluding hydrogens is 420 g/mol. The van der Waals surface area contributed by atoms with Gasteiger partial charge in [-0.2, -0.15) is 5.26 Å². The molecule has 0 unspecified atom stereocenters. The molecule has 30 heavy (non-hydrogen) atoms. The molecule has 0 aliphatic carbocycles. The molecule has 0 aliphatic heterocycles. The van der Waals surface area contributed by atoms with Crippen molar-refractivity contribution >= 4 is 38.1 Å². The maximum Gasteiger partial charge on any atom is 0.284 e. The quantitative estimate of drug-likeness (QED) is 0.600. The van der Waals surface area contributed by atoms with Gasteiger partial charge in [0.15, 0.2) is 5.13 Å². The molecule has 0 aliphatic rings. The summed E-state index contributed by atoms with van der Waals surface area (Å²) in [7, 11) is -3.68. The fourth-order valence-corrected chi connectivity index (χ4v) is 4.17. The number of nitrogens with one attached hydrogen (secondary N) is 1. The number of carbonyl (C=O) groups is 1. The Kier molecular flexibility index (Phi) is 6.50. The molecule has 0 saturated carbocycles. The van der Waals surface area contributed by atoms with E-state index >= 15 is 0 Å². The largest absolute Gasteiger partial charge is 0.313 e. The van der Waals surface area contributed by atoms with Crippen LogP contribution in [0.15, 0.2) is 54.6 Å². The lowest BCUT2D eigenvalue weighted by Crippen LogP contribution is -2.32. The number of aryl methyl sites for hydroxylation is 1. The molecule has 1 heterocycles. The van der Waals surface area contributed by atoms with Crippen molar-refractivity contribution in [3.05, 3.63) is 76.3 Å². The zero-order valence-corrected chi connectivity index (χ0v) is 18.1. The van der Waals surface area contributed by atoms with Crippen molar-refractivity contribution in [3.63, 3.8) is 0 Å². The van der Waals surface area contributed by atoms with Gasteiger partial charge in [-0.3, -0.25) is 4.79 Å². The average Bonchev–Trinajstić information content (AvgIpc) is 3.14. The summed E-state index contributed by atoms with van der Waals surface area (Å²) in [4.78, 5) is 19.4. The first-order valence-electron chi connectivity index (χ1n) is 9.17. The fourth-order valence-electron chi connectivity index (χ4n) is 2.72. The van der Waals surface area contributed by atoms with Crippen LogP contribution in [0.5, 0.6) is 0 Å². The Morgan fingerprint density at radius 2 is 1.83 bits per heavy atom. The number of nitriles is 1. The molecule has 3 rings (SSSR count). The Balaban J connectivity index is 1.99. The number of hydrogen-bond acceptors (Lipinski definition) is 7. The fraction of sp³-hybridized carbons (Fsp3) is 0.190. The number of hydrogen-bond donors (Lipinski definition) is 1. The number of thiazole rings is 1. The van der Waals surface area contributed by atoms with Crippen LogP contribution >= 0.6 is 11.3 Å². The smallest absolute Gasteiger partial charge is 0.284 e. The molecule has 0 fully saturated rings. The predicted octanol–water partition coefficient (Wildman–Crippen LogP) is 3.74. The van der Waals surface area contributed by atoms with Gasteiger partial charge in [0.05, 0.1) is 23.9 Å². The second-order valence-electron chi connectivity index (χ2n) is 6.47. The number of sulfonamides is 1. The monoisotopic (exact) mass is 440 g/mol. The van der Waals surface area contributed by atoms with Crippen LogP contribution in [-0.4, -0.2) is 25.1 Å². The number of benzene rings is 2. The first-order chi connectivity index (χ1) is 14.3. The Hall–Kier alpha value is -3.22. The van der Waals surface area contributed by atoms with Crippen LogP contribution < -0.4 is 9.62 Å². The van der Waals surface area contributed by atoms with Crippen molar-refractivity contribution in [3.8, 4) is 6.07 Å². The van der Waals surface area contributed by atoms with E-state index in [1.54, 1.807) is 19.1 Å². The normalized spacial score (nSPS) is 11.0. The second-order valence-corrected chi connectivity index (χ2v) is 9.66. The molecule has 1 amide bonds. The molecule has 0 radical (unpaired) electrons. The van der Waals surface area contributed by atoms with Gasteiger partial charge in [0.2, 0.25) is 10.0 Å². The van der Waals surface area contributed by atoms with Gasteiger partial charge in [0.25, 0.3) is 5.91 Å². The summed E-state index contributed by atoms with van der Waals surface area (Å²) < 4.78 is 25.6. The second kappa shape index (κ2) is 9.07. The van der Waals surface area contributed by atoms with Crippen molar-refractivity contribution in [1.82, 2.24) is 9.71 Å². The summed E-state index contributed by atoms with van der Waals surface area (Å²) >= 11 is 1.30. The van der Waals surface area contributed by atoms with Crippen molar-refractivity contribution in [1.29, 1.82) is 5.26 Å².